The lowest BCUT2D eigenvalue weighted by molar-refractivity contribution is -0.154. The number of nitrogens with zero attached hydrogens (tertiary/aromatic N) is 4. The summed E-state index contributed by atoms with van der Waals surface area (Å²) in [7, 11) is 1.85. The summed E-state index contributed by atoms with van der Waals surface area (Å²) < 4.78 is 7.01. The Morgan fingerprint density at radius 3 is 2.76 bits per heavy atom. The molecule has 0 aromatic carbocycles. The van der Waals surface area contributed by atoms with Gasteiger partial charge in [-0.05, 0) is 27.7 Å². The van der Waals surface area contributed by atoms with Gasteiger partial charge in [0.2, 0.25) is 0 Å². The van der Waals surface area contributed by atoms with Gasteiger partial charge in [-0.3, -0.25) is 9.48 Å². The SMILES string of the molecule is Cc1nc(SCCC(=O)OC(C)(C)C)c2cnn(C)c2n1. The average molecular weight is 308 g/mol. The second-order valence-electron chi connectivity index (χ2n) is 5.77. The van der Waals surface area contributed by atoms with Crippen molar-refractivity contribution in [1.29, 1.82) is 0 Å². The van der Waals surface area contributed by atoms with Crippen molar-refractivity contribution < 1.29 is 9.53 Å². The van der Waals surface area contributed by atoms with Crippen LogP contribution in [0.15, 0.2) is 11.2 Å². The zero-order valence-corrected chi connectivity index (χ0v) is 13.8. The molecule has 0 bridgehead atoms. The van der Waals surface area contributed by atoms with E-state index in [9.17, 15) is 4.79 Å². The highest BCUT2D eigenvalue weighted by Gasteiger charge is 2.16. The predicted octanol–water partition coefficient (Wildman–Crippen LogP) is 2.50. The number of thioether (sulfide) groups is 1. The lowest BCUT2D eigenvalue weighted by atomic mass is 10.2. The first kappa shape index (κ1) is 15.8. The molecule has 0 aliphatic carbocycles. The van der Waals surface area contributed by atoms with Crippen molar-refractivity contribution in [1.82, 2.24) is 19.7 Å². The second-order valence-corrected chi connectivity index (χ2v) is 6.85. The lowest BCUT2D eigenvalue weighted by Gasteiger charge is -2.19. The smallest absolute Gasteiger partial charge is 0.307 e. The number of fused-ring (bicyclic) bond motifs is 1. The van der Waals surface area contributed by atoms with Gasteiger partial charge in [0.15, 0.2) is 5.65 Å². The van der Waals surface area contributed by atoms with Crippen LogP contribution in [0.5, 0.6) is 0 Å². The van der Waals surface area contributed by atoms with Crippen molar-refractivity contribution in [2.45, 2.75) is 44.7 Å². The molecule has 0 atom stereocenters. The van der Waals surface area contributed by atoms with Crippen LogP contribution in [0.2, 0.25) is 0 Å². The Morgan fingerprint density at radius 2 is 2.10 bits per heavy atom. The van der Waals surface area contributed by atoms with Crippen LogP contribution >= 0.6 is 11.8 Å². The molecule has 0 amide bonds. The summed E-state index contributed by atoms with van der Waals surface area (Å²) in [5, 5.41) is 5.97. The minimum absolute atomic E-state index is 0.191. The van der Waals surface area contributed by atoms with E-state index >= 15 is 0 Å². The van der Waals surface area contributed by atoms with Gasteiger partial charge in [-0.15, -0.1) is 11.8 Å². The quantitative estimate of drug-likeness (QED) is 0.491. The maximum Gasteiger partial charge on any atom is 0.307 e. The highest BCUT2D eigenvalue weighted by atomic mass is 32.2. The Bertz CT molecular complexity index is 661. The molecule has 7 heteroatoms. The van der Waals surface area contributed by atoms with Crippen molar-refractivity contribution in [3.05, 3.63) is 12.0 Å². The number of rotatable bonds is 4. The van der Waals surface area contributed by atoms with E-state index in [1.54, 1.807) is 10.9 Å². The molecule has 0 spiro atoms. The summed E-state index contributed by atoms with van der Waals surface area (Å²) in [6, 6.07) is 0. The average Bonchev–Trinajstić information content (AvgIpc) is 2.69. The fourth-order valence-electron chi connectivity index (χ4n) is 1.83. The van der Waals surface area contributed by atoms with Crippen LogP contribution in [0.4, 0.5) is 0 Å². The van der Waals surface area contributed by atoms with Crippen LogP contribution in [-0.4, -0.2) is 37.1 Å². The van der Waals surface area contributed by atoms with Gasteiger partial charge < -0.3 is 4.74 Å². The fourth-order valence-corrected chi connectivity index (χ4v) is 2.79. The number of ether oxygens (including phenoxy) is 1. The van der Waals surface area contributed by atoms with Gasteiger partial charge in [0.1, 0.15) is 16.5 Å². The van der Waals surface area contributed by atoms with Crippen LogP contribution in [0.1, 0.15) is 33.0 Å². The van der Waals surface area contributed by atoms with Gasteiger partial charge in [0, 0.05) is 12.8 Å². The van der Waals surface area contributed by atoms with Gasteiger partial charge in [-0.1, -0.05) is 0 Å². The molecule has 0 radical (unpaired) electrons. The van der Waals surface area contributed by atoms with Crippen molar-refractivity contribution in [2.75, 3.05) is 5.75 Å². The van der Waals surface area contributed by atoms with Crippen LogP contribution < -0.4 is 0 Å². The van der Waals surface area contributed by atoms with E-state index in [0.29, 0.717) is 18.0 Å². The topological polar surface area (TPSA) is 69.9 Å². The molecule has 0 aliphatic rings. The third-order valence-electron chi connectivity index (χ3n) is 2.63. The number of carbonyl (C=O) groups excluding carboxylic acids is 1. The van der Waals surface area contributed by atoms with Crippen molar-refractivity contribution in [3.63, 3.8) is 0 Å². The fraction of sp³-hybridized carbons (Fsp3) is 0.571. The number of carbonyl (C=O) groups is 1. The zero-order valence-electron chi connectivity index (χ0n) is 13.0. The zero-order chi connectivity index (χ0) is 15.6. The number of hydrogen-bond donors (Lipinski definition) is 0. The maximum atomic E-state index is 11.7. The summed E-state index contributed by atoms with van der Waals surface area (Å²) in [6.07, 6.45) is 2.11. The first-order valence-electron chi connectivity index (χ1n) is 6.77. The molecule has 0 saturated carbocycles. The summed E-state index contributed by atoms with van der Waals surface area (Å²) >= 11 is 1.53. The third-order valence-corrected chi connectivity index (χ3v) is 3.63. The second kappa shape index (κ2) is 6.01. The minimum Gasteiger partial charge on any atom is -0.460 e. The molecule has 0 aliphatic heterocycles. The number of esters is 1. The van der Waals surface area contributed by atoms with Crippen LogP contribution in [0.3, 0.4) is 0 Å². The maximum absolute atomic E-state index is 11.7. The Kier molecular flexibility index (Phi) is 4.51. The molecule has 0 unspecified atom stereocenters. The molecule has 6 nitrogen and oxygen atoms in total. The van der Waals surface area contributed by atoms with E-state index in [0.717, 1.165) is 16.1 Å². The Morgan fingerprint density at radius 1 is 1.38 bits per heavy atom. The van der Waals surface area contributed by atoms with E-state index in [4.69, 9.17) is 4.74 Å². The summed E-state index contributed by atoms with van der Waals surface area (Å²) in [6.45, 7) is 7.45. The molecule has 2 aromatic rings. The number of aryl methyl sites for hydroxylation is 2. The Hall–Kier alpha value is -1.63. The molecule has 114 valence electrons. The van der Waals surface area contributed by atoms with Crippen LogP contribution in [-0.2, 0) is 16.6 Å². The van der Waals surface area contributed by atoms with E-state index in [2.05, 4.69) is 15.1 Å². The highest BCUT2D eigenvalue weighted by molar-refractivity contribution is 7.99. The van der Waals surface area contributed by atoms with Crippen molar-refractivity contribution in [2.24, 2.45) is 7.05 Å². The van der Waals surface area contributed by atoms with Crippen molar-refractivity contribution in [3.8, 4) is 0 Å². The van der Waals surface area contributed by atoms with Gasteiger partial charge >= 0.3 is 5.97 Å². The van der Waals surface area contributed by atoms with Gasteiger partial charge in [0.05, 0.1) is 18.0 Å². The van der Waals surface area contributed by atoms with Gasteiger partial charge in [0.25, 0.3) is 0 Å². The molecule has 0 N–H and O–H groups in total. The number of aromatic nitrogens is 4. The van der Waals surface area contributed by atoms with Crippen LogP contribution in [0.25, 0.3) is 11.0 Å². The molecule has 21 heavy (non-hydrogen) atoms. The van der Waals surface area contributed by atoms with Crippen LogP contribution in [0, 0.1) is 6.92 Å². The third kappa shape index (κ3) is 4.17. The van der Waals surface area contributed by atoms with E-state index < -0.39 is 5.60 Å². The molecule has 2 rings (SSSR count). The first-order chi connectivity index (χ1) is 9.76. The Labute approximate surface area is 128 Å². The van der Waals surface area contributed by atoms with Gasteiger partial charge in [-0.2, -0.15) is 5.10 Å². The lowest BCUT2D eigenvalue weighted by Crippen LogP contribution is -2.24. The molecule has 2 aromatic heterocycles. The molecule has 0 fully saturated rings. The molecular formula is C14H20N4O2S. The van der Waals surface area contributed by atoms with Gasteiger partial charge in [-0.25, -0.2) is 9.97 Å². The standard InChI is InChI=1S/C14H20N4O2S/c1-9-16-12-10(8-15-18(12)5)13(17-9)21-7-6-11(19)20-14(2,3)4/h8H,6-7H2,1-5H3. The summed E-state index contributed by atoms with van der Waals surface area (Å²) in [5.41, 5.74) is 0.367. The minimum atomic E-state index is -0.441. The first-order valence-corrected chi connectivity index (χ1v) is 7.76. The molecular weight excluding hydrogens is 288 g/mol. The normalized spacial score (nSPS) is 11.9. The molecule has 0 saturated heterocycles. The van der Waals surface area contributed by atoms with E-state index in [1.807, 2.05) is 34.7 Å². The summed E-state index contributed by atoms with van der Waals surface area (Å²) in [5.74, 6) is 1.13. The summed E-state index contributed by atoms with van der Waals surface area (Å²) in [4.78, 5) is 20.5. The predicted molar refractivity (Wildman–Crippen MR) is 82.2 cm³/mol. The number of hydrogen-bond acceptors (Lipinski definition) is 6. The highest BCUT2D eigenvalue weighted by Crippen LogP contribution is 2.25. The largest absolute Gasteiger partial charge is 0.460 e. The Balaban J connectivity index is 2.02. The monoisotopic (exact) mass is 308 g/mol. The van der Waals surface area contributed by atoms with E-state index in [1.165, 1.54) is 11.8 Å². The molecule has 2 heterocycles. The van der Waals surface area contributed by atoms with Crippen molar-refractivity contribution >= 4 is 28.8 Å². The van der Waals surface area contributed by atoms with E-state index in [-0.39, 0.29) is 5.97 Å².